The number of rotatable bonds is 3. The number of hydrogen-bond donors (Lipinski definition) is 0. The summed E-state index contributed by atoms with van der Waals surface area (Å²) in [4.78, 5) is 22.8. The summed E-state index contributed by atoms with van der Waals surface area (Å²) in [5.41, 5.74) is 4.36. The van der Waals surface area contributed by atoms with Gasteiger partial charge in [0.2, 0.25) is 0 Å². The highest BCUT2D eigenvalue weighted by Gasteiger charge is 2.11. The molecule has 0 atom stereocenters. The third kappa shape index (κ3) is 2.57. The molecule has 0 spiro atoms. The minimum Gasteiger partial charge on any atom is -0.345 e. The van der Waals surface area contributed by atoms with E-state index in [-0.39, 0.29) is 5.91 Å². The van der Waals surface area contributed by atoms with E-state index in [2.05, 4.69) is 23.8 Å². The van der Waals surface area contributed by atoms with Crippen molar-refractivity contribution < 1.29 is 4.79 Å². The number of fused-ring (bicyclic) bond motifs is 1. The summed E-state index contributed by atoms with van der Waals surface area (Å²) in [6.07, 6.45) is 1.74. The highest BCUT2D eigenvalue weighted by atomic mass is 16.2. The van der Waals surface area contributed by atoms with Gasteiger partial charge in [0, 0.05) is 19.7 Å². The van der Waals surface area contributed by atoms with E-state index in [0.29, 0.717) is 5.56 Å². The number of benzene rings is 1. The fraction of sp³-hybridized carbons (Fsp3) is 0.400. The van der Waals surface area contributed by atoms with Crippen LogP contribution in [-0.4, -0.2) is 34.9 Å². The lowest BCUT2D eigenvalue weighted by atomic mass is 10.1. The van der Waals surface area contributed by atoms with Crippen molar-refractivity contribution in [1.29, 1.82) is 0 Å². The van der Waals surface area contributed by atoms with Crippen molar-refractivity contribution in [2.24, 2.45) is 0 Å². The molecule has 0 fully saturated rings. The zero-order valence-corrected chi connectivity index (χ0v) is 11.9. The Morgan fingerprint density at radius 3 is 2.16 bits per heavy atom. The molecule has 1 aromatic carbocycles. The molecule has 0 unspecified atom stereocenters. The van der Waals surface area contributed by atoms with Crippen LogP contribution in [-0.2, 0) is 12.8 Å². The molecule has 0 saturated carbocycles. The fourth-order valence-corrected chi connectivity index (χ4v) is 2.08. The molecule has 0 aliphatic heterocycles. The molecule has 0 N–H and O–H groups in total. The lowest BCUT2D eigenvalue weighted by Crippen LogP contribution is -2.21. The van der Waals surface area contributed by atoms with Gasteiger partial charge in [0.25, 0.3) is 5.91 Å². The van der Waals surface area contributed by atoms with Gasteiger partial charge in [0.15, 0.2) is 0 Å². The van der Waals surface area contributed by atoms with Crippen LogP contribution in [0.4, 0.5) is 0 Å². The molecule has 1 aromatic heterocycles. The van der Waals surface area contributed by atoms with Gasteiger partial charge in [0.05, 0.1) is 22.4 Å². The minimum absolute atomic E-state index is 0.0127. The summed E-state index contributed by atoms with van der Waals surface area (Å²) in [6, 6.07) is 5.51. The summed E-state index contributed by atoms with van der Waals surface area (Å²) in [5.74, 6) is -0.0127. The predicted octanol–water partition coefficient (Wildman–Crippen LogP) is 2.46. The highest BCUT2D eigenvalue weighted by Crippen LogP contribution is 2.16. The summed E-state index contributed by atoms with van der Waals surface area (Å²) in [7, 11) is 3.49. The minimum atomic E-state index is -0.0127. The second kappa shape index (κ2) is 5.34. The van der Waals surface area contributed by atoms with E-state index >= 15 is 0 Å². The molecule has 4 heteroatoms. The van der Waals surface area contributed by atoms with E-state index in [4.69, 9.17) is 0 Å². The number of aryl methyl sites for hydroxylation is 2. The van der Waals surface area contributed by atoms with E-state index in [1.54, 1.807) is 19.0 Å². The summed E-state index contributed by atoms with van der Waals surface area (Å²) in [6.45, 7) is 4.16. The van der Waals surface area contributed by atoms with Gasteiger partial charge < -0.3 is 4.90 Å². The maximum Gasteiger partial charge on any atom is 0.253 e. The van der Waals surface area contributed by atoms with Crippen LogP contribution in [0.2, 0.25) is 0 Å². The molecule has 0 saturated heterocycles. The standard InChI is InChI=1S/C15H19N3O/c1-5-11-12(6-2)17-14-9-10(15(19)18(3)4)7-8-13(14)16-11/h7-9H,5-6H2,1-4H3. The average Bonchev–Trinajstić information content (AvgIpc) is 2.44. The molecule has 0 aliphatic rings. The third-order valence-electron chi connectivity index (χ3n) is 3.14. The van der Waals surface area contributed by atoms with Crippen molar-refractivity contribution in [2.45, 2.75) is 26.7 Å². The van der Waals surface area contributed by atoms with Crippen molar-refractivity contribution in [2.75, 3.05) is 14.1 Å². The van der Waals surface area contributed by atoms with E-state index in [9.17, 15) is 4.79 Å². The molecule has 0 bridgehead atoms. The lowest BCUT2D eigenvalue weighted by Gasteiger charge is -2.11. The Hall–Kier alpha value is -1.97. The number of aromatic nitrogens is 2. The molecular formula is C15H19N3O. The zero-order valence-electron chi connectivity index (χ0n) is 11.9. The third-order valence-corrected chi connectivity index (χ3v) is 3.14. The van der Waals surface area contributed by atoms with Crippen LogP contribution >= 0.6 is 0 Å². The van der Waals surface area contributed by atoms with Crippen molar-refractivity contribution >= 4 is 16.9 Å². The van der Waals surface area contributed by atoms with E-state index in [1.807, 2.05) is 18.2 Å². The van der Waals surface area contributed by atoms with E-state index < -0.39 is 0 Å². The Labute approximate surface area is 113 Å². The molecular weight excluding hydrogens is 238 g/mol. The molecule has 2 aromatic rings. The number of carbonyl (C=O) groups excluding carboxylic acids is 1. The second-order valence-electron chi connectivity index (χ2n) is 4.73. The van der Waals surface area contributed by atoms with Crippen LogP contribution < -0.4 is 0 Å². The van der Waals surface area contributed by atoms with Gasteiger partial charge in [-0.1, -0.05) is 13.8 Å². The van der Waals surface area contributed by atoms with Gasteiger partial charge in [-0.05, 0) is 31.0 Å². The summed E-state index contributed by atoms with van der Waals surface area (Å²) in [5, 5.41) is 0. The van der Waals surface area contributed by atoms with Crippen LogP contribution in [0.15, 0.2) is 18.2 Å². The molecule has 1 amide bonds. The molecule has 4 nitrogen and oxygen atoms in total. The van der Waals surface area contributed by atoms with Crippen LogP contribution in [0.25, 0.3) is 11.0 Å². The first-order chi connectivity index (χ1) is 9.06. The largest absolute Gasteiger partial charge is 0.345 e. The van der Waals surface area contributed by atoms with Crippen LogP contribution in [0.5, 0.6) is 0 Å². The Morgan fingerprint density at radius 1 is 1.05 bits per heavy atom. The molecule has 100 valence electrons. The van der Waals surface area contributed by atoms with Crippen molar-refractivity contribution in [3.8, 4) is 0 Å². The average molecular weight is 257 g/mol. The van der Waals surface area contributed by atoms with E-state index in [1.165, 1.54) is 0 Å². The van der Waals surface area contributed by atoms with Gasteiger partial charge in [-0.3, -0.25) is 4.79 Å². The number of carbonyl (C=O) groups is 1. The first-order valence-corrected chi connectivity index (χ1v) is 6.58. The smallest absolute Gasteiger partial charge is 0.253 e. The SMILES string of the molecule is CCc1nc2ccc(C(=O)N(C)C)cc2nc1CC. The topological polar surface area (TPSA) is 46.1 Å². The van der Waals surface area contributed by atoms with Gasteiger partial charge in [-0.15, -0.1) is 0 Å². The van der Waals surface area contributed by atoms with Gasteiger partial charge in [-0.25, -0.2) is 9.97 Å². The Balaban J connectivity index is 2.57. The Morgan fingerprint density at radius 2 is 1.63 bits per heavy atom. The van der Waals surface area contributed by atoms with Crippen LogP contribution in [0.1, 0.15) is 35.6 Å². The van der Waals surface area contributed by atoms with Gasteiger partial charge in [0.1, 0.15) is 0 Å². The zero-order chi connectivity index (χ0) is 14.0. The number of amides is 1. The van der Waals surface area contributed by atoms with Crippen molar-refractivity contribution in [3.63, 3.8) is 0 Å². The Bertz CT molecular complexity index is 620. The monoisotopic (exact) mass is 257 g/mol. The molecule has 2 rings (SSSR count). The lowest BCUT2D eigenvalue weighted by molar-refractivity contribution is 0.0828. The second-order valence-corrected chi connectivity index (χ2v) is 4.73. The molecule has 1 heterocycles. The summed E-state index contributed by atoms with van der Waals surface area (Å²) >= 11 is 0. The van der Waals surface area contributed by atoms with Crippen molar-refractivity contribution in [1.82, 2.24) is 14.9 Å². The molecule has 0 radical (unpaired) electrons. The van der Waals surface area contributed by atoms with Gasteiger partial charge >= 0.3 is 0 Å². The van der Waals surface area contributed by atoms with Crippen LogP contribution in [0.3, 0.4) is 0 Å². The molecule has 0 aliphatic carbocycles. The van der Waals surface area contributed by atoms with Crippen molar-refractivity contribution in [3.05, 3.63) is 35.2 Å². The quantitative estimate of drug-likeness (QED) is 0.848. The highest BCUT2D eigenvalue weighted by molar-refractivity contribution is 5.97. The fourth-order valence-electron chi connectivity index (χ4n) is 2.08. The van der Waals surface area contributed by atoms with E-state index in [0.717, 1.165) is 35.3 Å². The maximum atomic E-state index is 11.9. The maximum absolute atomic E-state index is 11.9. The number of hydrogen-bond acceptors (Lipinski definition) is 3. The first-order valence-electron chi connectivity index (χ1n) is 6.58. The normalized spacial score (nSPS) is 10.7. The van der Waals surface area contributed by atoms with Crippen LogP contribution in [0, 0.1) is 0 Å². The number of nitrogens with zero attached hydrogens (tertiary/aromatic N) is 3. The van der Waals surface area contributed by atoms with Gasteiger partial charge in [-0.2, -0.15) is 0 Å². The predicted molar refractivity (Wildman–Crippen MR) is 76.3 cm³/mol. The summed E-state index contributed by atoms with van der Waals surface area (Å²) < 4.78 is 0. The molecule has 19 heavy (non-hydrogen) atoms. The Kier molecular flexibility index (Phi) is 3.79. The first kappa shape index (κ1) is 13.5.